The van der Waals surface area contributed by atoms with Gasteiger partial charge in [-0.1, -0.05) is 24.3 Å². The summed E-state index contributed by atoms with van der Waals surface area (Å²) in [5.74, 6) is 0.0134. The van der Waals surface area contributed by atoms with Crippen molar-refractivity contribution in [2.75, 3.05) is 64.4 Å². The number of benzene rings is 2. The Balaban J connectivity index is 0.00000306. The van der Waals surface area contributed by atoms with Crippen LogP contribution in [0.15, 0.2) is 47.5 Å². The number of hydrogen-bond donors (Lipinski definition) is 1. The van der Waals surface area contributed by atoms with E-state index >= 15 is 0 Å². The van der Waals surface area contributed by atoms with Gasteiger partial charge >= 0.3 is 0 Å². The maximum Gasteiger partial charge on any atom is 0.194 e. The summed E-state index contributed by atoms with van der Waals surface area (Å²) in [6, 6.07) is 12.2. The van der Waals surface area contributed by atoms with Gasteiger partial charge in [0, 0.05) is 65.5 Å². The first kappa shape index (κ1) is 25.6. The van der Waals surface area contributed by atoms with E-state index in [0.29, 0.717) is 38.4 Å². The zero-order valence-corrected chi connectivity index (χ0v) is 21.3. The average molecular weight is 571 g/mol. The molecule has 0 atom stereocenters. The highest BCUT2D eigenvalue weighted by Crippen LogP contribution is 2.22. The Morgan fingerprint density at radius 1 is 0.970 bits per heavy atom. The van der Waals surface area contributed by atoms with Gasteiger partial charge in [-0.3, -0.25) is 9.89 Å². The van der Waals surface area contributed by atoms with E-state index in [-0.39, 0.29) is 29.8 Å². The summed E-state index contributed by atoms with van der Waals surface area (Å²) in [5, 5.41) is 3.45. The molecule has 0 radical (unpaired) electrons. The number of guanidine groups is 1. The zero-order valence-electron chi connectivity index (χ0n) is 19.0. The zero-order chi connectivity index (χ0) is 22.3. The van der Waals surface area contributed by atoms with Gasteiger partial charge in [-0.05, 0) is 23.3 Å². The molecule has 1 N–H and O–H groups in total. The number of nitrogens with one attached hydrogen (secondary N) is 1. The van der Waals surface area contributed by atoms with Crippen molar-refractivity contribution in [3.8, 4) is 0 Å². The average Bonchev–Trinajstić information content (AvgIpc) is 2.82. The monoisotopic (exact) mass is 571 g/mol. The Morgan fingerprint density at radius 3 is 2.42 bits per heavy atom. The number of morpholine rings is 1. The lowest BCUT2D eigenvalue weighted by Gasteiger charge is -2.37. The van der Waals surface area contributed by atoms with Gasteiger partial charge in [0.2, 0.25) is 0 Å². The first-order valence-corrected chi connectivity index (χ1v) is 11.2. The molecule has 9 heteroatoms. The minimum absolute atomic E-state index is 0. The third-order valence-electron chi connectivity index (χ3n) is 5.99. The molecule has 0 saturated carbocycles. The lowest BCUT2D eigenvalue weighted by molar-refractivity contribution is 0.0342. The molecule has 2 aromatic rings. The molecular formula is C24H32F2IN5O. The Labute approximate surface area is 211 Å². The van der Waals surface area contributed by atoms with Crippen molar-refractivity contribution in [3.05, 3.63) is 65.2 Å². The molecule has 0 spiro atoms. The quantitative estimate of drug-likeness (QED) is 0.339. The molecule has 2 fully saturated rings. The molecule has 6 nitrogen and oxygen atoms in total. The highest BCUT2D eigenvalue weighted by Gasteiger charge is 2.22. The summed E-state index contributed by atoms with van der Waals surface area (Å²) in [5.41, 5.74) is 2.83. The third kappa shape index (κ3) is 7.00. The number of hydrogen-bond acceptors (Lipinski definition) is 4. The van der Waals surface area contributed by atoms with Gasteiger partial charge in [-0.2, -0.15) is 0 Å². The lowest BCUT2D eigenvalue weighted by Crippen LogP contribution is -2.52. The summed E-state index contributed by atoms with van der Waals surface area (Å²) in [6.07, 6.45) is 0. The van der Waals surface area contributed by atoms with Crippen LogP contribution in [0.5, 0.6) is 0 Å². The highest BCUT2D eigenvalue weighted by molar-refractivity contribution is 14.0. The number of halogens is 3. The van der Waals surface area contributed by atoms with Crippen LogP contribution in [0.4, 0.5) is 14.5 Å². The van der Waals surface area contributed by atoms with Crippen LogP contribution in [0, 0.1) is 11.6 Å². The molecular weight excluding hydrogens is 539 g/mol. The molecule has 2 aromatic carbocycles. The van der Waals surface area contributed by atoms with E-state index < -0.39 is 5.82 Å². The maximum atomic E-state index is 14.1. The molecule has 0 unspecified atom stereocenters. The van der Waals surface area contributed by atoms with Crippen LogP contribution in [0.25, 0.3) is 0 Å². The van der Waals surface area contributed by atoms with Gasteiger partial charge in [-0.15, -0.1) is 24.0 Å². The van der Waals surface area contributed by atoms with Gasteiger partial charge in [0.05, 0.1) is 18.9 Å². The number of nitrogens with zero attached hydrogens (tertiary/aromatic N) is 4. The normalized spacial score (nSPS) is 17.6. The van der Waals surface area contributed by atoms with Gasteiger partial charge in [-0.25, -0.2) is 8.78 Å². The summed E-state index contributed by atoms with van der Waals surface area (Å²) >= 11 is 0. The standard InChI is InChI=1S/C24H31F2N5O.HI/c1-27-24(31-9-7-30(8-10-31)23-16-21(25)5-6-22(23)26)28-17-19-3-2-4-20(15-19)18-29-11-13-32-14-12-29;/h2-6,15-16H,7-14,17-18H2,1H3,(H,27,28);1H. The second-order valence-corrected chi connectivity index (χ2v) is 8.18. The molecule has 4 rings (SSSR count). The molecule has 2 aliphatic heterocycles. The Bertz CT molecular complexity index is 931. The van der Waals surface area contributed by atoms with Crippen LogP contribution in [0.2, 0.25) is 0 Å². The Morgan fingerprint density at radius 2 is 1.70 bits per heavy atom. The fourth-order valence-corrected chi connectivity index (χ4v) is 4.26. The highest BCUT2D eigenvalue weighted by atomic mass is 127. The van der Waals surface area contributed by atoms with Crippen LogP contribution in [0.3, 0.4) is 0 Å². The van der Waals surface area contributed by atoms with Crippen LogP contribution in [-0.2, 0) is 17.8 Å². The minimum atomic E-state index is -0.419. The SMILES string of the molecule is CN=C(NCc1cccc(CN2CCOCC2)c1)N1CCN(c2cc(F)ccc2F)CC1.I. The second kappa shape index (κ2) is 12.5. The van der Waals surface area contributed by atoms with Crippen LogP contribution < -0.4 is 10.2 Å². The smallest absolute Gasteiger partial charge is 0.194 e. The number of ether oxygens (including phenoxy) is 1. The van der Waals surface area contributed by atoms with Crippen molar-refractivity contribution in [2.45, 2.75) is 13.1 Å². The summed E-state index contributed by atoms with van der Waals surface area (Å²) in [4.78, 5) is 10.9. The predicted molar refractivity (Wildman–Crippen MR) is 138 cm³/mol. The van der Waals surface area contributed by atoms with E-state index in [1.807, 2.05) is 4.90 Å². The van der Waals surface area contributed by atoms with E-state index in [0.717, 1.165) is 44.9 Å². The molecule has 2 aliphatic rings. The maximum absolute atomic E-state index is 14.1. The fraction of sp³-hybridized carbons (Fsp3) is 0.458. The van der Waals surface area contributed by atoms with E-state index in [1.54, 1.807) is 7.05 Å². The van der Waals surface area contributed by atoms with Crippen molar-refractivity contribution in [1.82, 2.24) is 15.1 Å². The molecule has 2 saturated heterocycles. The van der Waals surface area contributed by atoms with E-state index in [1.165, 1.54) is 23.3 Å². The number of aliphatic imine (C=N–C) groups is 1. The van der Waals surface area contributed by atoms with Crippen molar-refractivity contribution < 1.29 is 13.5 Å². The summed E-state index contributed by atoms with van der Waals surface area (Å²) in [6.45, 7) is 7.76. The van der Waals surface area contributed by atoms with Crippen LogP contribution in [0.1, 0.15) is 11.1 Å². The second-order valence-electron chi connectivity index (χ2n) is 8.18. The Kier molecular flexibility index (Phi) is 9.69. The topological polar surface area (TPSA) is 43.3 Å². The number of piperazine rings is 1. The van der Waals surface area contributed by atoms with E-state index in [4.69, 9.17) is 4.74 Å². The molecule has 33 heavy (non-hydrogen) atoms. The van der Waals surface area contributed by atoms with Crippen LogP contribution in [-0.4, -0.2) is 75.3 Å². The number of rotatable bonds is 5. The summed E-state index contributed by atoms with van der Waals surface area (Å²) in [7, 11) is 1.77. The molecule has 0 amide bonds. The van der Waals surface area contributed by atoms with E-state index in [2.05, 4.69) is 44.4 Å². The first-order valence-electron chi connectivity index (χ1n) is 11.2. The molecule has 0 aromatic heterocycles. The number of anilines is 1. The third-order valence-corrected chi connectivity index (χ3v) is 5.99. The Hall–Kier alpha value is -1.98. The largest absolute Gasteiger partial charge is 0.379 e. The predicted octanol–water partition coefficient (Wildman–Crippen LogP) is 3.31. The first-order chi connectivity index (χ1) is 15.6. The van der Waals surface area contributed by atoms with Gasteiger partial charge in [0.25, 0.3) is 0 Å². The van der Waals surface area contributed by atoms with Gasteiger partial charge < -0.3 is 19.9 Å². The van der Waals surface area contributed by atoms with Crippen molar-refractivity contribution >= 4 is 35.6 Å². The van der Waals surface area contributed by atoms with Crippen LogP contribution >= 0.6 is 24.0 Å². The molecule has 0 bridgehead atoms. The fourth-order valence-electron chi connectivity index (χ4n) is 4.26. The van der Waals surface area contributed by atoms with Gasteiger partial charge in [0.1, 0.15) is 11.6 Å². The van der Waals surface area contributed by atoms with Gasteiger partial charge in [0.15, 0.2) is 5.96 Å². The van der Waals surface area contributed by atoms with Crippen molar-refractivity contribution in [3.63, 3.8) is 0 Å². The molecule has 2 heterocycles. The van der Waals surface area contributed by atoms with Crippen molar-refractivity contribution in [2.24, 2.45) is 4.99 Å². The minimum Gasteiger partial charge on any atom is -0.379 e. The van der Waals surface area contributed by atoms with E-state index in [9.17, 15) is 8.78 Å². The summed E-state index contributed by atoms with van der Waals surface area (Å²) < 4.78 is 33.1. The molecule has 0 aliphatic carbocycles. The van der Waals surface area contributed by atoms with Crippen molar-refractivity contribution in [1.29, 1.82) is 0 Å². The lowest BCUT2D eigenvalue weighted by atomic mass is 10.1. The molecule has 180 valence electrons.